The Kier molecular flexibility index (Phi) is 6.84. The molecule has 3 aromatic rings. The van der Waals surface area contributed by atoms with E-state index in [9.17, 15) is 9.59 Å². The highest BCUT2D eigenvalue weighted by molar-refractivity contribution is 6.01. The molecule has 0 aliphatic heterocycles. The number of ether oxygens (including phenoxy) is 2. The van der Waals surface area contributed by atoms with E-state index < -0.39 is 0 Å². The molecule has 0 radical (unpaired) electrons. The lowest BCUT2D eigenvalue weighted by Gasteiger charge is -2.13. The first-order chi connectivity index (χ1) is 14.2. The highest BCUT2D eigenvalue weighted by Crippen LogP contribution is 2.29. The molecule has 0 unspecified atom stereocenters. The highest BCUT2D eigenvalue weighted by Gasteiger charge is 2.14. The molecule has 3 aromatic carbocycles. The summed E-state index contributed by atoms with van der Waals surface area (Å²) in [6.07, 6.45) is 0. The predicted molar refractivity (Wildman–Crippen MR) is 112 cm³/mol. The summed E-state index contributed by atoms with van der Waals surface area (Å²) < 4.78 is 11.3. The van der Waals surface area contributed by atoms with Crippen LogP contribution in [0.25, 0.3) is 0 Å². The van der Waals surface area contributed by atoms with Gasteiger partial charge in [0.1, 0.15) is 11.5 Å². The van der Waals surface area contributed by atoms with E-state index in [4.69, 9.17) is 9.47 Å². The van der Waals surface area contributed by atoms with Crippen LogP contribution in [0.1, 0.15) is 17.3 Å². The minimum absolute atomic E-state index is 0.182. The van der Waals surface area contributed by atoms with Crippen molar-refractivity contribution in [1.82, 2.24) is 5.32 Å². The molecule has 0 spiro atoms. The molecule has 0 aliphatic rings. The Bertz CT molecular complexity index is 973. The van der Waals surface area contributed by atoms with Crippen molar-refractivity contribution in [2.45, 2.75) is 6.92 Å². The van der Waals surface area contributed by atoms with Crippen LogP contribution in [-0.2, 0) is 4.79 Å². The number of carbonyl (C=O) groups is 2. The minimum atomic E-state index is -0.377. The Hall–Kier alpha value is -3.80. The van der Waals surface area contributed by atoms with E-state index >= 15 is 0 Å². The van der Waals surface area contributed by atoms with Crippen LogP contribution in [0.2, 0.25) is 0 Å². The third-order valence-electron chi connectivity index (χ3n) is 3.97. The Morgan fingerprint density at radius 2 is 1.48 bits per heavy atom. The van der Waals surface area contributed by atoms with Gasteiger partial charge in [0.25, 0.3) is 5.91 Å². The van der Waals surface area contributed by atoms with Crippen molar-refractivity contribution in [2.24, 2.45) is 0 Å². The molecule has 0 saturated heterocycles. The Morgan fingerprint density at radius 1 is 0.828 bits per heavy atom. The molecule has 0 bridgehead atoms. The fourth-order valence-corrected chi connectivity index (χ4v) is 2.66. The lowest BCUT2D eigenvalue weighted by Crippen LogP contribution is -2.33. The molecule has 0 heterocycles. The van der Waals surface area contributed by atoms with Gasteiger partial charge in [0.05, 0.1) is 24.4 Å². The van der Waals surface area contributed by atoms with Crippen molar-refractivity contribution in [3.05, 3.63) is 84.4 Å². The van der Waals surface area contributed by atoms with Gasteiger partial charge < -0.3 is 20.1 Å². The molecule has 148 valence electrons. The van der Waals surface area contributed by atoms with Gasteiger partial charge in [-0.3, -0.25) is 9.59 Å². The first-order valence-electron chi connectivity index (χ1n) is 9.29. The van der Waals surface area contributed by atoms with Crippen molar-refractivity contribution in [3.63, 3.8) is 0 Å². The quantitative estimate of drug-likeness (QED) is 0.603. The SMILES string of the molecule is CCOc1ccccc1C(=O)NCC(=O)Nc1ccccc1Oc1ccccc1. The predicted octanol–water partition coefficient (Wildman–Crippen LogP) is 4.25. The molecular formula is C23H22N2O4. The van der Waals surface area contributed by atoms with Gasteiger partial charge in [-0.15, -0.1) is 0 Å². The molecule has 2 amide bonds. The second-order valence-corrected chi connectivity index (χ2v) is 6.07. The third-order valence-corrected chi connectivity index (χ3v) is 3.97. The number of hydrogen-bond acceptors (Lipinski definition) is 4. The third kappa shape index (κ3) is 5.59. The number of rotatable bonds is 8. The van der Waals surface area contributed by atoms with E-state index in [-0.39, 0.29) is 18.4 Å². The summed E-state index contributed by atoms with van der Waals surface area (Å²) >= 11 is 0. The van der Waals surface area contributed by atoms with Crippen LogP contribution < -0.4 is 20.1 Å². The molecule has 0 fully saturated rings. The Morgan fingerprint density at radius 3 is 2.24 bits per heavy atom. The van der Waals surface area contributed by atoms with Crippen LogP contribution in [0.3, 0.4) is 0 Å². The van der Waals surface area contributed by atoms with E-state index in [2.05, 4.69) is 10.6 Å². The second kappa shape index (κ2) is 9.94. The smallest absolute Gasteiger partial charge is 0.255 e. The largest absolute Gasteiger partial charge is 0.493 e. The van der Waals surface area contributed by atoms with Crippen molar-refractivity contribution in [3.8, 4) is 17.2 Å². The van der Waals surface area contributed by atoms with Crippen molar-refractivity contribution in [1.29, 1.82) is 0 Å². The lowest BCUT2D eigenvalue weighted by atomic mass is 10.2. The molecule has 0 aliphatic carbocycles. The van der Waals surface area contributed by atoms with Crippen molar-refractivity contribution < 1.29 is 19.1 Å². The Balaban J connectivity index is 1.61. The number of carbonyl (C=O) groups excluding carboxylic acids is 2. The van der Waals surface area contributed by atoms with Crippen LogP contribution in [0.15, 0.2) is 78.9 Å². The van der Waals surface area contributed by atoms with E-state index in [1.165, 1.54) is 0 Å². The van der Waals surface area contributed by atoms with E-state index in [0.717, 1.165) is 0 Å². The summed E-state index contributed by atoms with van der Waals surface area (Å²) in [6.45, 7) is 2.11. The zero-order valence-corrected chi connectivity index (χ0v) is 16.1. The number of benzene rings is 3. The standard InChI is InChI=1S/C23H22N2O4/c1-2-28-20-14-8-6-12-18(20)23(27)24-16-22(26)25-19-13-7-9-15-21(19)29-17-10-4-3-5-11-17/h3-15H,2,16H2,1H3,(H,24,27)(H,25,26). The van der Waals surface area contributed by atoms with Crippen LogP contribution >= 0.6 is 0 Å². The van der Waals surface area contributed by atoms with Crippen LogP contribution in [0.4, 0.5) is 5.69 Å². The van der Waals surface area contributed by atoms with Gasteiger partial charge in [0, 0.05) is 0 Å². The van der Waals surface area contributed by atoms with Crippen LogP contribution in [0.5, 0.6) is 17.2 Å². The topological polar surface area (TPSA) is 76.7 Å². The molecule has 29 heavy (non-hydrogen) atoms. The maximum atomic E-state index is 12.4. The fraction of sp³-hybridized carbons (Fsp3) is 0.130. The molecule has 0 saturated carbocycles. The van der Waals surface area contributed by atoms with Gasteiger partial charge in [-0.1, -0.05) is 42.5 Å². The van der Waals surface area contributed by atoms with Gasteiger partial charge in [-0.05, 0) is 43.3 Å². The molecule has 6 heteroatoms. The minimum Gasteiger partial charge on any atom is -0.493 e. The average Bonchev–Trinajstić information content (AvgIpc) is 2.75. The van der Waals surface area contributed by atoms with E-state index in [1.807, 2.05) is 43.3 Å². The first-order valence-corrected chi connectivity index (χ1v) is 9.29. The average molecular weight is 390 g/mol. The van der Waals surface area contributed by atoms with Gasteiger partial charge in [0.15, 0.2) is 5.75 Å². The van der Waals surface area contributed by atoms with E-state index in [1.54, 1.807) is 42.5 Å². The highest BCUT2D eigenvalue weighted by atomic mass is 16.5. The van der Waals surface area contributed by atoms with Crippen LogP contribution in [0, 0.1) is 0 Å². The number of para-hydroxylation sites is 4. The fourth-order valence-electron chi connectivity index (χ4n) is 2.66. The van der Waals surface area contributed by atoms with E-state index in [0.29, 0.717) is 35.1 Å². The molecule has 0 aromatic heterocycles. The number of nitrogens with one attached hydrogen (secondary N) is 2. The van der Waals surface area contributed by atoms with Crippen molar-refractivity contribution >= 4 is 17.5 Å². The number of anilines is 1. The number of hydrogen-bond donors (Lipinski definition) is 2. The molecule has 6 nitrogen and oxygen atoms in total. The van der Waals surface area contributed by atoms with Gasteiger partial charge in [0.2, 0.25) is 5.91 Å². The molecule has 0 atom stereocenters. The zero-order chi connectivity index (χ0) is 20.5. The monoisotopic (exact) mass is 390 g/mol. The summed E-state index contributed by atoms with van der Waals surface area (Å²) in [4.78, 5) is 24.8. The normalized spacial score (nSPS) is 10.1. The second-order valence-electron chi connectivity index (χ2n) is 6.07. The molecular weight excluding hydrogens is 368 g/mol. The van der Waals surface area contributed by atoms with Crippen LogP contribution in [-0.4, -0.2) is 25.0 Å². The Labute approximate surface area is 169 Å². The summed E-state index contributed by atoms with van der Waals surface area (Å²) in [5, 5.41) is 5.38. The lowest BCUT2D eigenvalue weighted by molar-refractivity contribution is -0.115. The van der Waals surface area contributed by atoms with Gasteiger partial charge in [-0.2, -0.15) is 0 Å². The molecule has 2 N–H and O–H groups in total. The van der Waals surface area contributed by atoms with Gasteiger partial charge >= 0.3 is 0 Å². The summed E-state index contributed by atoms with van der Waals surface area (Å²) in [6, 6.07) is 23.3. The zero-order valence-electron chi connectivity index (χ0n) is 16.1. The number of amides is 2. The summed E-state index contributed by atoms with van der Waals surface area (Å²) in [7, 11) is 0. The maximum absolute atomic E-state index is 12.4. The summed E-state index contributed by atoms with van der Waals surface area (Å²) in [5.41, 5.74) is 0.903. The first kappa shape index (κ1) is 19.9. The summed E-state index contributed by atoms with van der Waals surface area (Å²) in [5.74, 6) is 0.916. The van der Waals surface area contributed by atoms with Gasteiger partial charge in [-0.25, -0.2) is 0 Å². The molecule has 3 rings (SSSR count). The maximum Gasteiger partial charge on any atom is 0.255 e. The van der Waals surface area contributed by atoms with Crippen molar-refractivity contribution in [2.75, 3.05) is 18.5 Å².